The van der Waals surface area contributed by atoms with Gasteiger partial charge in [0.25, 0.3) is 5.69 Å². The number of ether oxygens (including phenoxy) is 1. The molecule has 0 radical (unpaired) electrons. The van der Waals surface area contributed by atoms with Gasteiger partial charge in [0.05, 0.1) is 4.92 Å². The molecule has 0 amide bonds. The first-order valence-corrected chi connectivity index (χ1v) is 10.7. The first-order chi connectivity index (χ1) is 11.0. The molecule has 0 heterocycles. The van der Waals surface area contributed by atoms with Crippen LogP contribution in [0.5, 0.6) is 5.75 Å². The van der Waals surface area contributed by atoms with E-state index in [4.69, 9.17) is 4.74 Å². The standard InChI is InChI=1S/C17H28NO4P/c1-3-5-7-13-23(21,14-8-6-4-2)15-22-17-11-9-16(10-12-17)18(19)20/h9-12H,3-8,13-15H2,1-2H3. The summed E-state index contributed by atoms with van der Waals surface area (Å²) in [6.07, 6.45) is 8.06. The Morgan fingerprint density at radius 3 is 1.96 bits per heavy atom. The van der Waals surface area contributed by atoms with Gasteiger partial charge in [-0.1, -0.05) is 39.5 Å². The molecule has 1 aromatic carbocycles. The Morgan fingerprint density at radius 1 is 1.00 bits per heavy atom. The van der Waals surface area contributed by atoms with E-state index in [-0.39, 0.29) is 12.0 Å². The van der Waals surface area contributed by atoms with Gasteiger partial charge in [-0.3, -0.25) is 10.1 Å². The minimum atomic E-state index is -2.33. The zero-order valence-corrected chi connectivity index (χ0v) is 15.1. The van der Waals surface area contributed by atoms with Crippen molar-refractivity contribution in [2.45, 2.75) is 52.4 Å². The zero-order chi connectivity index (χ0) is 17.1. The van der Waals surface area contributed by atoms with Gasteiger partial charge in [0.1, 0.15) is 19.2 Å². The van der Waals surface area contributed by atoms with Crippen LogP contribution in [-0.4, -0.2) is 23.6 Å². The van der Waals surface area contributed by atoms with E-state index in [9.17, 15) is 14.7 Å². The molecule has 0 fully saturated rings. The summed E-state index contributed by atoms with van der Waals surface area (Å²) in [5.41, 5.74) is 0.0337. The third-order valence-corrected chi connectivity index (χ3v) is 6.71. The first-order valence-electron chi connectivity index (χ1n) is 8.45. The van der Waals surface area contributed by atoms with Gasteiger partial charge in [0.15, 0.2) is 0 Å². The molecule has 0 aliphatic carbocycles. The summed E-state index contributed by atoms with van der Waals surface area (Å²) in [5, 5.41) is 10.6. The van der Waals surface area contributed by atoms with Crippen LogP contribution in [0.15, 0.2) is 24.3 Å². The Balaban J connectivity index is 2.60. The van der Waals surface area contributed by atoms with Crippen LogP contribution < -0.4 is 4.74 Å². The van der Waals surface area contributed by atoms with E-state index in [0.29, 0.717) is 5.75 Å². The van der Waals surface area contributed by atoms with Crippen LogP contribution in [0.1, 0.15) is 52.4 Å². The van der Waals surface area contributed by atoms with Crippen molar-refractivity contribution in [3.8, 4) is 5.75 Å². The molecule has 0 unspecified atom stereocenters. The van der Waals surface area contributed by atoms with Gasteiger partial charge in [0, 0.05) is 24.5 Å². The number of nitro groups is 1. The molecule has 0 saturated carbocycles. The monoisotopic (exact) mass is 341 g/mol. The molecule has 0 aromatic heterocycles. The topological polar surface area (TPSA) is 69.4 Å². The number of benzene rings is 1. The SMILES string of the molecule is CCCCCP(=O)(CCCCC)COc1ccc([N+](=O)[O-])cc1. The molecule has 0 bridgehead atoms. The average Bonchev–Trinajstić information content (AvgIpc) is 2.54. The van der Waals surface area contributed by atoms with E-state index in [1.54, 1.807) is 12.1 Å². The highest BCUT2D eigenvalue weighted by atomic mass is 31.2. The molecule has 130 valence electrons. The van der Waals surface area contributed by atoms with Crippen LogP contribution in [-0.2, 0) is 4.57 Å². The van der Waals surface area contributed by atoms with E-state index < -0.39 is 12.1 Å². The fourth-order valence-electron chi connectivity index (χ4n) is 2.40. The fourth-order valence-corrected chi connectivity index (χ4v) is 4.86. The maximum absolute atomic E-state index is 13.1. The van der Waals surface area contributed by atoms with Crippen molar-refractivity contribution in [3.63, 3.8) is 0 Å². The van der Waals surface area contributed by atoms with Gasteiger partial charge in [-0.15, -0.1) is 0 Å². The molecule has 0 N–H and O–H groups in total. The van der Waals surface area contributed by atoms with Gasteiger partial charge >= 0.3 is 0 Å². The summed E-state index contributed by atoms with van der Waals surface area (Å²) in [6.45, 7) is 4.27. The Kier molecular flexibility index (Phi) is 8.93. The summed E-state index contributed by atoms with van der Waals surface area (Å²) in [6, 6.07) is 5.96. The van der Waals surface area contributed by atoms with Crippen molar-refractivity contribution in [2.75, 3.05) is 18.7 Å². The number of unbranched alkanes of at least 4 members (excludes halogenated alkanes) is 4. The van der Waals surface area contributed by atoms with Crippen molar-refractivity contribution >= 4 is 12.8 Å². The number of nitro benzene ring substituents is 1. The third kappa shape index (κ3) is 7.65. The lowest BCUT2D eigenvalue weighted by Crippen LogP contribution is -2.06. The Morgan fingerprint density at radius 2 is 1.52 bits per heavy atom. The Labute approximate surface area is 139 Å². The lowest BCUT2D eigenvalue weighted by Gasteiger charge is -2.19. The summed E-state index contributed by atoms with van der Waals surface area (Å²) >= 11 is 0. The van der Waals surface area contributed by atoms with E-state index in [1.165, 1.54) is 12.1 Å². The predicted octanol–water partition coefficient (Wildman–Crippen LogP) is 5.67. The van der Waals surface area contributed by atoms with Crippen molar-refractivity contribution in [3.05, 3.63) is 34.4 Å². The molecule has 0 spiro atoms. The van der Waals surface area contributed by atoms with E-state index >= 15 is 0 Å². The van der Waals surface area contributed by atoms with E-state index in [1.807, 2.05) is 0 Å². The Hall–Kier alpha value is -1.35. The number of hydrogen-bond donors (Lipinski definition) is 0. The minimum absolute atomic E-state index is 0.0337. The molecule has 5 nitrogen and oxygen atoms in total. The highest BCUT2D eigenvalue weighted by molar-refractivity contribution is 7.63. The molecular weight excluding hydrogens is 313 g/mol. The van der Waals surface area contributed by atoms with E-state index in [2.05, 4.69) is 13.8 Å². The highest BCUT2D eigenvalue weighted by Crippen LogP contribution is 2.47. The zero-order valence-electron chi connectivity index (χ0n) is 14.2. The number of hydrogen-bond acceptors (Lipinski definition) is 4. The molecule has 0 saturated heterocycles. The maximum Gasteiger partial charge on any atom is 0.269 e. The molecular formula is C17H28NO4P. The largest absolute Gasteiger partial charge is 0.486 e. The van der Waals surface area contributed by atoms with E-state index in [0.717, 1.165) is 50.8 Å². The second-order valence-electron chi connectivity index (χ2n) is 5.94. The van der Waals surface area contributed by atoms with Gasteiger partial charge in [-0.25, -0.2) is 0 Å². The fraction of sp³-hybridized carbons (Fsp3) is 0.647. The quantitative estimate of drug-likeness (QED) is 0.212. The lowest BCUT2D eigenvalue weighted by atomic mass is 10.3. The third-order valence-electron chi connectivity index (χ3n) is 3.85. The van der Waals surface area contributed by atoms with Crippen LogP contribution in [0, 0.1) is 10.1 Å². The lowest BCUT2D eigenvalue weighted by molar-refractivity contribution is -0.384. The van der Waals surface area contributed by atoms with Crippen molar-refractivity contribution in [1.29, 1.82) is 0 Å². The average molecular weight is 341 g/mol. The molecule has 0 aliphatic rings. The van der Waals surface area contributed by atoms with Crippen molar-refractivity contribution < 1.29 is 14.2 Å². The highest BCUT2D eigenvalue weighted by Gasteiger charge is 2.22. The summed E-state index contributed by atoms with van der Waals surface area (Å²) in [5.74, 6) is 0.543. The molecule has 1 aromatic rings. The van der Waals surface area contributed by atoms with Crippen molar-refractivity contribution in [2.24, 2.45) is 0 Å². The number of nitrogens with zero attached hydrogens (tertiary/aromatic N) is 1. The summed E-state index contributed by atoms with van der Waals surface area (Å²) in [4.78, 5) is 10.2. The molecule has 23 heavy (non-hydrogen) atoms. The van der Waals surface area contributed by atoms with Crippen LogP contribution >= 0.6 is 7.14 Å². The van der Waals surface area contributed by atoms with Gasteiger partial charge < -0.3 is 9.30 Å². The molecule has 1 rings (SSSR count). The first kappa shape index (κ1) is 19.7. The van der Waals surface area contributed by atoms with Crippen LogP contribution in [0.4, 0.5) is 5.69 Å². The van der Waals surface area contributed by atoms with Crippen LogP contribution in [0.2, 0.25) is 0 Å². The second-order valence-corrected chi connectivity index (χ2v) is 9.21. The van der Waals surface area contributed by atoms with Crippen molar-refractivity contribution in [1.82, 2.24) is 0 Å². The molecule has 6 heteroatoms. The number of non-ortho nitro benzene ring substituents is 1. The molecule has 0 aliphatic heterocycles. The number of rotatable bonds is 12. The van der Waals surface area contributed by atoms with Gasteiger partial charge in [-0.2, -0.15) is 0 Å². The minimum Gasteiger partial charge on any atom is -0.486 e. The maximum atomic E-state index is 13.1. The van der Waals surface area contributed by atoms with Crippen LogP contribution in [0.3, 0.4) is 0 Å². The predicted molar refractivity (Wildman–Crippen MR) is 95.0 cm³/mol. The summed E-state index contributed by atoms with van der Waals surface area (Å²) < 4.78 is 18.8. The summed E-state index contributed by atoms with van der Waals surface area (Å²) in [7, 11) is -2.33. The normalized spacial score (nSPS) is 11.4. The van der Waals surface area contributed by atoms with Gasteiger partial charge in [0.2, 0.25) is 0 Å². The van der Waals surface area contributed by atoms with Gasteiger partial charge in [-0.05, 0) is 25.0 Å². The second kappa shape index (κ2) is 10.4. The Bertz CT molecular complexity index is 502. The smallest absolute Gasteiger partial charge is 0.269 e. The van der Waals surface area contributed by atoms with Crippen LogP contribution in [0.25, 0.3) is 0 Å². The molecule has 0 atom stereocenters.